The van der Waals surface area contributed by atoms with E-state index in [-0.39, 0.29) is 5.02 Å². The van der Waals surface area contributed by atoms with Crippen molar-refractivity contribution in [1.82, 2.24) is 10.2 Å². The lowest BCUT2D eigenvalue weighted by molar-refractivity contribution is -0.133. The maximum Gasteiger partial charge on any atom is 0.325 e. The SMILES string of the molecule is Cc1cc(C)c(NC(=O)CN2C(=O)NC(C)(c3ccc(Cl)cc3Cl)C2=O)c(C)c1. The number of hydrogen-bond donors (Lipinski definition) is 2. The number of rotatable bonds is 4. The normalized spacial score (nSPS) is 18.8. The molecule has 1 unspecified atom stereocenters. The van der Waals surface area contributed by atoms with Gasteiger partial charge in [-0.2, -0.15) is 0 Å². The molecule has 0 radical (unpaired) electrons. The van der Waals surface area contributed by atoms with Crippen LogP contribution in [-0.4, -0.2) is 29.3 Å². The summed E-state index contributed by atoms with van der Waals surface area (Å²) in [7, 11) is 0. The maximum atomic E-state index is 13.0. The van der Waals surface area contributed by atoms with Crippen molar-refractivity contribution in [3.8, 4) is 0 Å². The Morgan fingerprint density at radius 1 is 1.10 bits per heavy atom. The van der Waals surface area contributed by atoms with E-state index in [0.717, 1.165) is 21.6 Å². The molecule has 0 bridgehead atoms. The number of amides is 4. The molecule has 2 aromatic carbocycles. The maximum absolute atomic E-state index is 13.0. The van der Waals surface area contributed by atoms with Gasteiger partial charge >= 0.3 is 6.03 Å². The molecular weight excluding hydrogens is 413 g/mol. The Morgan fingerprint density at radius 2 is 1.72 bits per heavy atom. The van der Waals surface area contributed by atoms with E-state index in [1.165, 1.54) is 6.07 Å². The number of imide groups is 1. The van der Waals surface area contributed by atoms with Crippen molar-refractivity contribution in [3.05, 3.63) is 62.6 Å². The van der Waals surface area contributed by atoms with Gasteiger partial charge < -0.3 is 10.6 Å². The lowest BCUT2D eigenvalue weighted by Gasteiger charge is -2.23. The fraction of sp³-hybridized carbons (Fsp3) is 0.286. The summed E-state index contributed by atoms with van der Waals surface area (Å²) >= 11 is 12.2. The molecule has 0 aromatic heterocycles. The number of aryl methyl sites for hydroxylation is 3. The Bertz CT molecular complexity index is 1010. The number of nitrogens with zero attached hydrogens (tertiary/aromatic N) is 1. The third-order valence-corrected chi connectivity index (χ3v) is 5.54. The van der Waals surface area contributed by atoms with E-state index >= 15 is 0 Å². The van der Waals surface area contributed by atoms with Gasteiger partial charge in [0.05, 0.1) is 0 Å². The molecular formula is C21H21Cl2N3O3. The van der Waals surface area contributed by atoms with E-state index < -0.39 is 29.9 Å². The third kappa shape index (κ3) is 3.95. The van der Waals surface area contributed by atoms with Gasteiger partial charge in [-0.25, -0.2) is 4.79 Å². The highest BCUT2D eigenvalue weighted by atomic mass is 35.5. The minimum Gasteiger partial charge on any atom is -0.324 e. The van der Waals surface area contributed by atoms with Gasteiger partial charge in [-0.05, 0) is 51.0 Å². The molecule has 1 atom stereocenters. The van der Waals surface area contributed by atoms with Gasteiger partial charge in [0.2, 0.25) is 5.91 Å². The van der Waals surface area contributed by atoms with Gasteiger partial charge in [-0.15, -0.1) is 0 Å². The molecule has 2 N–H and O–H groups in total. The second-order valence-electron chi connectivity index (χ2n) is 7.39. The van der Waals surface area contributed by atoms with Crippen LogP contribution in [0.1, 0.15) is 29.2 Å². The predicted octanol–water partition coefficient (Wildman–Crippen LogP) is 4.32. The summed E-state index contributed by atoms with van der Waals surface area (Å²) in [6.45, 7) is 6.90. The van der Waals surface area contributed by atoms with Crippen LogP contribution >= 0.6 is 23.2 Å². The summed E-state index contributed by atoms with van der Waals surface area (Å²) in [5.74, 6) is -1.02. The fourth-order valence-electron chi connectivity index (χ4n) is 3.62. The number of urea groups is 1. The van der Waals surface area contributed by atoms with Crippen LogP contribution < -0.4 is 10.6 Å². The summed E-state index contributed by atoms with van der Waals surface area (Å²) in [4.78, 5) is 38.9. The monoisotopic (exact) mass is 433 g/mol. The van der Waals surface area contributed by atoms with E-state index in [1.54, 1.807) is 19.1 Å². The Hall–Kier alpha value is -2.57. The van der Waals surface area contributed by atoms with Crippen LogP contribution in [0.5, 0.6) is 0 Å². The molecule has 8 heteroatoms. The zero-order chi connectivity index (χ0) is 21.5. The molecule has 0 aliphatic carbocycles. The second-order valence-corrected chi connectivity index (χ2v) is 8.24. The molecule has 0 saturated carbocycles. The number of carbonyl (C=O) groups excluding carboxylic acids is 3. The highest BCUT2D eigenvalue weighted by Crippen LogP contribution is 2.35. The van der Waals surface area contributed by atoms with Gasteiger partial charge in [0.15, 0.2) is 0 Å². The number of anilines is 1. The van der Waals surface area contributed by atoms with Crippen molar-refractivity contribution in [1.29, 1.82) is 0 Å². The summed E-state index contributed by atoms with van der Waals surface area (Å²) in [5, 5.41) is 6.11. The molecule has 1 aliphatic rings. The van der Waals surface area contributed by atoms with Gasteiger partial charge in [-0.1, -0.05) is 47.0 Å². The molecule has 29 heavy (non-hydrogen) atoms. The van der Waals surface area contributed by atoms with Gasteiger partial charge in [0, 0.05) is 21.3 Å². The van der Waals surface area contributed by atoms with E-state index in [4.69, 9.17) is 23.2 Å². The first-order valence-electron chi connectivity index (χ1n) is 9.00. The van der Waals surface area contributed by atoms with E-state index in [9.17, 15) is 14.4 Å². The summed E-state index contributed by atoms with van der Waals surface area (Å²) < 4.78 is 0. The molecule has 0 spiro atoms. The van der Waals surface area contributed by atoms with E-state index in [2.05, 4.69) is 10.6 Å². The lowest BCUT2D eigenvalue weighted by atomic mass is 9.92. The van der Waals surface area contributed by atoms with Crippen LogP contribution in [0, 0.1) is 20.8 Å². The third-order valence-electron chi connectivity index (χ3n) is 4.99. The molecule has 3 rings (SSSR count). The van der Waals surface area contributed by atoms with Gasteiger partial charge in [0.1, 0.15) is 12.1 Å². The first-order valence-corrected chi connectivity index (χ1v) is 9.76. The number of nitrogens with one attached hydrogen (secondary N) is 2. The molecule has 152 valence electrons. The average molecular weight is 434 g/mol. The first kappa shape index (κ1) is 21.1. The minimum absolute atomic E-state index is 0.255. The minimum atomic E-state index is -1.38. The van der Waals surface area contributed by atoms with Crippen molar-refractivity contribution in [2.75, 3.05) is 11.9 Å². The number of benzene rings is 2. The van der Waals surface area contributed by atoms with Crippen LogP contribution in [0.3, 0.4) is 0 Å². The van der Waals surface area contributed by atoms with Crippen LogP contribution in [0.25, 0.3) is 0 Å². The zero-order valence-corrected chi connectivity index (χ0v) is 18.0. The molecule has 1 fully saturated rings. The van der Waals surface area contributed by atoms with Crippen molar-refractivity contribution in [2.45, 2.75) is 33.2 Å². The van der Waals surface area contributed by atoms with E-state index in [0.29, 0.717) is 16.3 Å². The Morgan fingerprint density at radius 3 is 2.31 bits per heavy atom. The molecule has 2 aromatic rings. The lowest BCUT2D eigenvalue weighted by Crippen LogP contribution is -2.42. The number of carbonyl (C=O) groups is 3. The highest BCUT2D eigenvalue weighted by Gasteiger charge is 2.50. The largest absolute Gasteiger partial charge is 0.325 e. The molecule has 1 aliphatic heterocycles. The molecule has 1 saturated heterocycles. The Balaban J connectivity index is 1.81. The molecule has 6 nitrogen and oxygen atoms in total. The molecule has 4 amide bonds. The summed E-state index contributed by atoms with van der Waals surface area (Å²) in [5.41, 5.74) is 2.61. The van der Waals surface area contributed by atoms with Crippen molar-refractivity contribution in [3.63, 3.8) is 0 Å². The van der Waals surface area contributed by atoms with Crippen LogP contribution in [-0.2, 0) is 15.1 Å². The smallest absolute Gasteiger partial charge is 0.324 e. The fourth-order valence-corrected chi connectivity index (χ4v) is 4.22. The average Bonchev–Trinajstić information content (AvgIpc) is 2.82. The van der Waals surface area contributed by atoms with Crippen molar-refractivity contribution in [2.24, 2.45) is 0 Å². The number of hydrogen-bond acceptors (Lipinski definition) is 3. The summed E-state index contributed by atoms with van der Waals surface area (Å²) in [6, 6.07) is 7.93. The van der Waals surface area contributed by atoms with Crippen LogP contribution in [0.4, 0.5) is 10.5 Å². The quantitative estimate of drug-likeness (QED) is 0.704. The summed E-state index contributed by atoms with van der Waals surface area (Å²) in [6.07, 6.45) is 0. The predicted molar refractivity (Wildman–Crippen MR) is 113 cm³/mol. The Kier molecular flexibility index (Phi) is 5.61. The topological polar surface area (TPSA) is 78.5 Å². The first-order chi connectivity index (χ1) is 13.5. The van der Waals surface area contributed by atoms with E-state index in [1.807, 2.05) is 32.9 Å². The second kappa shape index (κ2) is 7.69. The Labute approximate surface area is 179 Å². The highest BCUT2D eigenvalue weighted by molar-refractivity contribution is 6.35. The van der Waals surface area contributed by atoms with Crippen molar-refractivity contribution < 1.29 is 14.4 Å². The van der Waals surface area contributed by atoms with Crippen LogP contribution in [0.15, 0.2) is 30.3 Å². The molecule has 1 heterocycles. The van der Waals surface area contributed by atoms with Gasteiger partial charge in [0.25, 0.3) is 5.91 Å². The standard InChI is InChI=1S/C21H21Cl2N3O3/c1-11-7-12(2)18(13(3)8-11)24-17(27)10-26-19(28)21(4,25-20(26)29)15-6-5-14(22)9-16(15)23/h5-9H,10H2,1-4H3,(H,24,27)(H,25,29). The van der Waals surface area contributed by atoms with Crippen LogP contribution in [0.2, 0.25) is 10.0 Å². The van der Waals surface area contributed by atoms with Crippen molar-refractivity contribution >= 4 is 46.7 Å². The number of halogens is 2. The zero-order valence-electron chi connectivity index (χ0n) is 16.5. The van der Waals surface area contributed by atoms with Gasteiger partial charge in [-0.3, -0.25) is 14.5 Å².